The molecular weight excluding hydrogens is 292 g/mol. The molecule has 1 N–H and O–H groups in total. The molecule has 0 aliphatic carbocycles. The first-order chi connectivity index (χ1) is 11.0. The van der Waals surface area contributed by atoms with E-state index in [1.807, 2.05) is 24.3 Å². The summed E-state index contributed by atoms with van der Waals surface area (Å²) in [7, 11) is 0. The maximum absolute atomic E-state index is 12.1. The second kappa shape index (κ2) is 7.54. The number of hydrogen-bond acceptors (Lipinski definition) is 4. The summed E-state index contributed by atoms with van der Waals surface area (Å²) in [5.74, 6) is -0.491. The number of nitrogens with one attached hydrogen (secondary N) is 1. The molecule has 0 spiro atoms. The molecule has 120 valence electrons. The zero-order valence-corrected chi connectivity index (χ0v) is 13.4. The second-order valence-electron chi connectivity index (χ2n) is 5.55. The number of anilines is 1. The Kier molecular flexibility index (Phi) is 5.46. The lowest BCUT2D eigenvalue weighted by Gasteiger charge is -2.14. The maximum atomic E-state index is 12.1. The van der Waals surface area contributed by atoms with Gasteiger partial charge in [-0.3, -0.25) is 9.78 Å². The van der Waals surface area contributed by atoms with Crippen molar-refractivity contribution < 1.29 is 14.3 Å². The minimum atomic E-state index is -0.888. The summed E-state index contributed by atoms with van der Waals surface area (Å²) in [6, 6.07) is 10.7. The molecular formula is C18H20N2O3. The molecule has 1 atom stereocenters. The molecule has 1 amide bonds. The van der Waals surface area contributed by atoms with Gasteiger partial charge >= 0.3 is 5.97 Å². The lowest BCUT2D eigenvalue weighted by Crippen LogP contribution is -2.30. The number of pyridine rings is 1. The van der Waals surface area contributed by atoms with Gasteiger partial charge in [0.05, 0.1) is 5.56 Å². The van der Waals surface area contributed by atoms with Crippen molar-refractivity contribution >= 4 is 17.6 Å². The Labute approximate surface area is 135 Å². The fourth-order valence-corrected chi connectivity index (χ4v) is 1.97. The first kappa shape index (κ1) is 16.7. The minimum absolute atomic E-state index is 0.362. The fourth-order valence-electron chi connectivity index (χ4n) is 1.97. The van der Waals surface area contributed by atoms with E-state index in [0.717, 1.165) is 0 Å². The van der Waals surface area contributed by atoms with Crippen molar-refractivity contribution in [2.75, 3.05) is 5.32 Å². The molecule has 0 radical (unpaired) electrons. The van der Waals surface area contributed by atoms with Crippen LogP contribution in [-0.4, -0.2) is 23.0 Å². The van der Waals surface area contributed by atoms with Gasteiger partial charge < -0.3 is 10.1 Å². The molecule has 2 rings (SSSR count). The number of esters is 1. The van der Waals surface area contributed by atoms with Gasteiger partial charge in [0, 0.05) is 18.1 Å². The highest BCUT2D eigenvalue weighted by Crippen LogP contribution is 2.17. The number of ether oxygens (including phenoxy) is 1. The third kappa shape index (κ3) is 4.64. The van der Waals surface area contributed by atoms with Gasteiger partial charge in [0.25, 0.3) is 5.91 Å². The van der Waals surface area contributed by atoms with E-state index in [4.69, 9.17) is 4.74 Å². The number of carbonyl (C=O) groups is 2. The molecule has 0 unspecified atom stereocenters. The number of aromatic nitrogens is 1. The van der Waals surface area contributed by atoms with Crippen molar-refractivity contribution in [2.24, 2.45) is 0 Å². The summed E-state index contributed by atoms with van der Waals surface area (Å²) < 4.78 is 5.15. The summed E-state index contributed by atoms with van der Waals surface area (Å²) in [5, 5.41) is 2.74. The molecule has 1 heterocycles. The SMILES string of the molecule is CC(C)c1ccc(NC(=O)[C@@H](C)OC(=O)c2ccncc2)cc1. The fraction of sp³-hybridized carbons (Fsp3) is 0.278. The van der Waals surface area contributed by atoms with Crippen LogP contribution in [0, 0.1) is 0 Å². The molecule has 0 bridgehead atoms. The predicted octanol–water partition coefficient (Wildman–Crippen LogP) is 3.39. The van der Waals surface area contributed by atoms with Crippen molar-refractivity contribution in [3.05, 3.63) is 59.9 Å². The number of nitrogens with zero attached hydrogens (tertiary/aromatic N) is 1. The molecule has 0 fully saturated rings. The van der Waals surface area contributed by atoms with Crippen molar-refractivity contribution in [3.8, 4) is 0 Å². The molecule has 0 saturated heterocycles. The van der Waals surface area contributed by atoms with Crippen molar-refractivity contribution in [3.63, 3.8) is 0 Å². The van der Waals surface area contributed by atoms with E-state index in [1.165, 1.54) is 37.0 Å². The maximum Gasteiger partial charge on any atom is 0.339 e. The van der Waals surface area contributed by atoms with Crippen molar-refractivity contribution in [2.45, 2.75) is 32.8 Å². The quantitative estimate of drug-likeness (QED) is 0.859. The van der Waals surface area contributed by atoms with Gasteiger partial charge in [0.2, 0.25) is 0 Å². The topological polar surface area (TPSA) is 68.3 Å². The Morgan fingerprint density at radius 1 is 1.00 bits per heavy atom. The van der Waals surface area contributed by atoms with Crippen LogP contribution in [0.15, 0.2) is 48.8 Å². The largest absolute Gasteiger partial charge is 0.449 e. The molecule has 0 aliphatic heterocycles. The normalized spacial score (nSPS) is 11.8. The smallest absolute Gasteiger partial charge is 0.339 e. The van der Waals surface area contributed by atoms with Crippen LogP contribution in [0.1, 0.15) is 42.6 Å². The first-order valence-corrected chi connectivity index (χ1v) is 7.49. The number of hydrogen-bond donors (Lipinski definition) is 1. The second-order valence-corrected chi connectivity index (χ2v) is 5.55. The van der Waals surface area contributed by atoms with E-state index in [9.17, 15) is 9.59 Å². The Morgan fingerprint density at radius 2 is 1.61 bits per heavy atom. The van der Waals surface area contributed by atoms with Crippen LogP contribution in [0.3, 0.4) is 0 Å². The van der Waals surface area contributed by atoms with Gasteiger partial charge in [-0.2, -0.15) is 0 Å². The predicted molar refractivity (Wildman–Crippen MR) is 88.3 cm³/mol. The lowest BCUT2D eigenvalue weighted by molar-refractivity contribution is -0.123. The van der Waals surface area contributed by atoms with Crippen LogP contribution >= 0.6 is 0 Å². The van der Waals surface area contributed by atoms with Crippen molar-refractivity contribution in [1.82, 2.24) is 4.98 Å². The van der Waals surface area contributed by atoms with Gasteiger partial charge in [-0.25, -0.2) is 4.79 Å². The number of carbonyl (C=O) groups excluding carboxylic acids is 2. The highest BCUT2D eigenvalue weighted by atomic mass is 16.5. The standard InChI is InChI=1S/C18H20N2O3/c1-12(2)14-4-6-16(7-5-14)20-17(21)13(3)23-18(22)15-8-10-19-11-9-15/h4-13H,1-3H3,(H,20,21)/t13-/m1/s1. The van der Waals surface area contributed by atoms with E-state index < -0.39 is 12.1 Å². The van der Waals surface area contributed by atoms with Crippen LogP contribution in [0.5, 0.6) is 0 Å². The van der Waals surface area contributed by atoms with E-state index >= 15 is 0 Å². The summed E-state index contributed by atoms with van der Waals surface area (Å²) in [4.78, 5) is 27.8. The minimum Gasteiger partial charge on any atom is -0.449 e. The van der Waals surface area contributed by atoms with Crippen LogP contribution in [0.2, 0.25) is 0 Å². The average Bonchev–Trinajstić information content (AvgIpc) is 2.56. The molecule has 0 aliphatic rings. The molecule has 0 saturated carbocycles. The Bertz CT molecular complexity index is 666. The zero-order chi connectivity index (χ0) is 16.8. The number of amides is 1. The van der Waals surface area contributed by atoms with Gasteiger partial charge in [-0.05, 0) is 42.7 Å². The van der Waals surface area contributed by atoms with E-state index in [1.54, 1.807) is 0 Å². The number of rotatable bonds is 5. The van der Waals surface area contributed by atoms with Gasteiger partial charge in [-0.1, -0.05) is 26.0 Å². The summed E-state index contributed by atoms with van der Waals surface area (Å²) in [6.07, 6.45) is 2.11. The first-order valence-electron chi connectivity index (χ1n) is 7.49. The van der Waals surface area contributed by atoms with E-state index in [2.05, 4.69) is 24.1 Å². The van der Waals surface area contributed by atoms with Gasteiger partial charge in [0.1, 0.15) is 0 Å². The highest BCUT2D eigenvalue weighted by Gasteiger charge is 2.19. The molecule has 1 aromatic carbocycles. The highest BCUT2D eigenvalue weighted by molar-refractivity contribution is 5.97. The Hall–Kier alpha value is -2.69. The van der Waals surface area contributed by atoms with Crippen LogP contribution < -0.4 is 5.32 Å². The van der Waals surface area contributed by atoms with E-state index in [-0.39, 0.29) is 5.91 Å². The van der Waals surface area contributed by atoms with Crippen LogP contribution in [0.25, 0.3) is 0 Å². The number of benzene rings is 1. The third-order valence-corrected chi connectivity index (χ3v) is 3.41. The monoisotopic (exact) mass is 312 g/mol. The van der Waals surface area contributed by atoms with Gasteiger partial charge in [0.15, 0.2) is 6.10 Å². The zero-order valence-electron chi connectivity index (χ0n) is 13.4. The molecule has 2 aromatic rings. The van der Waals surface area contributed by atoms with Crippen molar-refractivity contribution in [1.29, 1.82) is 0 Å². The Balaban J connectivity index is 1.93. The van der Waals surface area contributed by atoms with Crippen LogP contribution in [0.4, 0.5) is 5.69 Å². The van der Waals surface area contributed by atoms with E-state index in [0.29, 0.717) is 17.2 Å². The molecule has 5 nitrogen and oxygen atoms in total. The summed E-state index contributed by atoms with van der Waals surface area (Å²) in [5.41, 5.74) is 2.23. The molecule has 1 aromatic heterocycles. The third-order valence-electron chi connectivity index (χ3n) is 3.41. The summed E-state index contributed by atoms with van der Waals surface area (Å²) >= 11 is 0. The lowest BCUT2D eigenvalue weighted by atomic mass is 10.0. The van der Waals surface area contributed by atoms with Gasteiger partial charge in [-0.15, -0.1) is 0 Å². The Morgan fingerprint density at radius 3 is 2.17 bits per heavy atom. The molecule has 5 heteroatoms. The molecule has 23 heavy (non-hydrogen) atoms. The average molecular weight is 312 g/mol. The van der Waals surface area contributed by atoms with Crippen LogP contribution in [-0.2, 0) is 9.53 Å². The summed E-state index contributed by atoms with van der Waals surface area (Å²) in [6.45, 7) is 5.75.